The number of pyridine rings is 1. The Morgan fingerprint density at radius 3 is 2.93 bits per heavy atom. The highest BCUT2D eigenvalue weighted by Crippen LogP contribution is 2.31. The van der Waals surface area contributed by atoms with E-state index < -0.39 is 0 Å². The summed E-state index contributed by atoms with van der Waals surface area (Å²) in [6.45, 7) is -0.155. The van der Waals surface area contributed by atoms with Gasteiger partial charge in [0.2, 0.25) is 0 Å². The molecule has 1 aromatic carbocycles. The number of hydrogen-bond donors (Lipinski definition) is 2. The van der Waals surface area contributed by atoms with Crippen LogP contribution in [-0.2, 0) is 11.2 Å². The number of nitrogens with one attached hydrogen (secondary N) is 1. The molecule has 3 aromatic rings. The average Bonchev–Trinajstić information content (AvgIpc) is 3.13. The van der Waals surface area contributed by atoms with E-state index in [9.17, 15) is 9.90 Å². The highest BCUT2D eigenvalue weighted by molar-refractivity contribution is 5.78. The lowest BCUT2D eigenvalue weighted by Gasteiger charge is -2.24. The van der Waals surface area contributed by atoms with E-state index >= 15 is 0 Å². The monoisotopic (exact) mass is 364 g/mol. The van der Waals surface area contributed by atoms with Crippen molar-refractivity contribution in [3.63, 3.8) is 0 Å². The number of carbonyl (C=O) groups is 1. The molecule has 7 heteroatoms. The SMILES string of the molecule is O=C(COc1ccccc1O)NC1CCCc2c1cnn2-c1ccccn1. The van der Waals surface area contributed by atoms with Crippen LogP contribution in [0.25, 0.3) is 5.82 Å². The molecule has 0 aliphatic heterocycles. The van der Waals surface area contributed by atoms with E-state index in [0.29, 0.717) is 5.75 Å². The summed E-state index contributed by atoms with van der Waals surface area (Å²) in [5, 5.41) is 17.2. The van der Waals surface area contributed by atoms with E-state index in [1.165, 1.54) is 6.07 Å². The van der Waals surface area contributed by atoms with Gasteiger partial charge in [0.1, 0.15) is 0 Å². The number of phenolic OH excluding ortho intramolecular Hbond substituents is 1. The van der Waals surface area contributed by atoms with Gasteiger partial charge in [-0.2, -0.15) is 5.10 Å². The van der Waals surface area contributed by atoms with E-state index in [1.54, 1.807) is 30.6 Å². The summed E-state index contributed by atoms with van der Waals surface area (Å²) >= 11 is 0. The summed E-state index contributed by atoms with van der Waals surface area (Å²) in [7, 11) is 0. The minimum atomic E-state index is -0.235. The molecule has 7 nitrogen and oxygen atoms in total. The van der Waals surface area contributed by atoms with Crippen molar-refractivity contribution in [3.8, 4) is 17.3 Å². The van der Waals surface area contributed by atoms with Gasteiger partial charge in [0.15, 0.2) is 23.9 Å². The molecule has 2 aromatic heterocycles. The average molecular weight is 364 g/mol. The molecule has 2 heterocycles. The lowest BCUT2D eigenvalue weighted by Crippen LogP contribution is -2.34. The largest absolute Gasteiger partial charge is 0.504 e. The quantitative estimate of drug-likeness (QED) is 0.726. The standard InChI is InChI=1S/C20H20N4O3/c25-17-8-1-2-9-18(17)27-13-20(26)23-15-6-5-7-16-14(15)12-22-24(16)19-10-3-4-11-21-19/h1-4,8-12,15,25H,5-7,13H2,(H,23,26). The van der Waals surface area contributed by atoms with Crippen LogP contribution < -0.4 is 10.1 Å². The van der Waals surface area contributed by atoms with Gasteiger partial charge in [0.05, 0.1) is 17.9 Å². The number of nitrogens with zero attached hydrogens (tertiary/aromatic N) is 3. The van der Waals surface area contributed by atoms with Crippen molar-refractivity contribution in [1.82, 2.24) is 20.1 Å². The second-order valence-electron chi connectivity index (χ2n) is 6.42. The lowest BCUT2D eigenvalue weighted by atomic mass is 9.93. The molecule has 1 aliphatic carbocycles. The summed E-state index contributed by atoms with van der Waals surface area (Å²) in [4.78, 5) is 16.7. The molecule has 1 unspecified atom stereocenters. The third-order valence-corrected chi connectivity index (χ3v) is 4.61. The Morgan fingerprint density at radius 1 is 1.26 bits per heavy atom. The topological polar surface area (TPSA) is 89.3 Å². The zero-order chi connectivity index (χ0) is 18.6. The van der Waals surface area contributed by atoms with Crippen molar-refractivity contribution in [2.45, 2.75) is 25.3 Å². The Balaban J connectivity index is 1.45. The molecule has 0 radical (unpaired) electrons. The van der Waals surface area contributed by atoms with E-state index in [-0.39, 0.29) is 24.3 Å². The Labute approximate surface area is 156 Å². The lowest BCUT2D eigenvalue weighted by molar-refractivity contribution is -0.124. The van der Waals surface area contributed by atoms with Gasteiger partial charge in [-0.1, -0.05) is 18.2 Å². The molecule has 1 amide bonds. The molecule has 0 spiro atoms. The second-order valence-corrected chi connectivity index (χ2v) is 6.42. The fourth-order valence-electron chi connectivity index (χ4n) is 3.34. The molecule has 2 N–H and O–H groups in total. The number of fused-ring (bicyclic) bond motifs is 1. The van der Waals surface area contributed by atoms with Crippen molar-refractivity contribution >= 4 is 5.91 Å². The van der Waals surface area contributed by atoms with Crippen LogP contribution in [0.15, 0.2) is 54.9 Å². The number of aromatic hydroxyl groups is 1. The molecule has 0 bridgehead atoms. The van der Waals surface area contributed by atoms with Gasteiger partial charge in [0, 0.05) is 11.8 Å². The summed E-state index contributed by atoms with van der Waals surface area (Å²) in [5.74, 6) is 0.845. The molecular formula is C20H20N4O3. The van der Waals surface area contributed by atoms with E-state index in [1.807, 2.05) is 22.9 Å². The highest BCUT2D eigenvalue weighted by atomic mass is 16.5. The van der Waals surface area contributed by atoms with Crippen LogP contribution in [0.5, 0.6) is 11.5 Å². The predicted octanol–water partition coefficient (Wildman–Crippen LogP) is 2.55. The first-order valence-electron chi connectivity index (χ1n) is 8.91. The maximum absolute atomic E-state index is 12.3. The number of carbonyl (C=O) groups excluding carboxylic acids is 1. The Kier molecular flexibility index (Phi) is 4.74. The molecule has 1 aliphatic rings. The molecule has 0 saturated carbocycles. The maximum Gasteiger partial charge on any atom is 0.258 e. The van der Waals surface area contributed by atoms with Crippen molar-refractivity contribution in [2.75, 3.05) is 6.61 Å². The Hall–Kier alpha value is -3.35. The van der Waals surface area contributed by atoms with Gasteiger partial charge in [-0.05, 0) is 43.5 Å². The van der Waals surface area contributed by atoms with Crippen LogP contribution in [0.4, 0.5) is 0 Å². The smallest absolute Gasteiger partial charge is 0.258 e. The molecule has 1 atom stereocenters. The van der Waals surface area contributed by atoms with Gasteiger partial charge >= 0.3 is 0 Å². The van der Waals surface area contributed by atoms with Gasteiger partial charge in [-0.25, -0.2) is 9.67 Å². The van der Waals surface area contributed by atoms with Gasteiger partial charge in [0.25, 0.3) is 5.91 Å². The van der Waals surface area contributed by atoms with E-state index in [4.69, 9.17) is 4.74 Å². The minimum Gasteiger partial charge on any atom is -0.504 e. The minimum absolute atomic E-state index is 0.0156. The molecular weight excluding hydrogens is 344 g/mol. The summed E-state index contributed by atoms with van der Waals surface area (Å²) in [5.41, 5.74) is 2.09. The Bertz CT molecular complexity index is 939. The molecule has 4 rings (SSSR count). The van der Waals surface area contributed by atoms with Crippen LogP contribution in [0.3, 0.4) is 0 Å². The zero-order valence-electron chi connectivity index (χ0n) is 14.7. The van der Waals surface area contributed by atoms with Gasteiger partial charge in [-0.15, -0.1) is 0 Å². The number of aromatic nitrogens is 3. The van der Waals surface area contributed by atoms with Crippen molar-refractivity contribution < 1.29 is 14.6 Å². The van der Waals surface area contributed by atoms with Gasteiger partial charge in [-0.3, -0.25) is 4.79 Å². The summed E-state index contributed by atoms with van der Waals surface area (Å²) in [6, 6.07) is 12.2. The summed E-state index contributed by atoms with van der Waals surface area (Å²) in [6.07, 6.45) is 6.24. The first kappa shape index (κ1) is 17.1. The van der Waals surface area contributed by atoms with E-state index in [2.05, 4.69) is 15.4 Å². The molecule has 0 fully saturated rings. The molecule has 0 saturated heterocycles. The first-order valence-corrected chi connectivity index (χ1v) is 8.91. The van der Waals surface area contributed by atoms with Crippen LogP contribution in [0.2, 0.25) is 0 Å². The number of benzene rings is 1. The Morgan fingerprint density at radius 2 is 2.11 bits per heavy atom. The fraction of sp³-hybridized carbons (Fsp3) is 0.250. The van der Waals surface area contributed by atoms with Gasteiger partial charge < -0.3 is 15.2 Å². The number of phenols is 1. The van der Waals surface area contributed by atoms with Crippen LogP contribution in [0.1, 0.15) is 30.1 Å². The third kappa shape index (κ3) is 3.62. The van der Waals surface area contributed by atoms with Crippen molar-refractivity contribution in [3.05, 3.63) is 66.1 Å². The van der Waals surface area contributed by atoms with Crippen molar-refractivity contribution in [1.29, 1.82) is 0 Å². The van der Waals surface area contributed by atoms with Crippen molar-refractivity contribution in [2.24, 2.45) is 0 Å². The number of para-hydroxylation sites is 2. The third-order valence-electron chi connectivity index (χ3n) is 4.61. The first-order chi connectivity index (χ1) is 13.2. The van der Waals surface area contributed by atoms with Crippen LogP contribution in [-0.4, -0.2) is 32.4 Å². The fourth-order valence-corrected chi connectivity index (χ4v) is 3.34. The maximum atomic E-state index is 12.3. The predicted molar refractivity (Wildman–Crippen MR) is 98.8 cm³/mol. The number of amides is 1. The number of rotatable bonds is 5. The summed E-state index contributed by atoms with van der Waals surface area (Å²) < 4.78 is 7.25. The van der Waals surface area contributed by atoms with Crippen LogP contribution >= 0.6 is 0 Å². The molecule has 27 heavy (non-hydrogen) atoms. The highest BCUT2D eigenvalue weighted by Gasteiger charge is 2.26. The number of ether oxygens (including phenoxy) is 1. The second kappa shape index (κ2) is 7.49. The zero-order valence-corrected chi connectivity index (χ0v) is 14.7. The van der Waals surface area contributed by atoms with E-state index in [0.717, 1.165) is 36.3 Å². The number of hydrogen-bond acceptors (Lipinski definition) is 5. The molecule has 138 valence electrons. The van der Waals surface area contributed by atoms with Crippen LogP contribution in [0, 0.1) is 0 Å². The normalized spacial score (nSPS) is 15.8.